The van der Waals surface area contributed by atoms with Gasteiger partial charge in [0.25, 0.3) is 0 Å². The summed E-state index contributed by atoms with van der Waals surface area (Å²) in [7, 11) is 0. The zero-order valence-corrected chi connectivity index (χ0v) is 15.6. The summed E-state index contributed by atoms with van der Waals surface area (Å²) in [5, 5.41) is 4.82. The fraction of sp³-hybridized carbons (Fsp3) is 0.273. The predicted molar refractivity (Wildman–Crippen MR) is 108 cm³/mol. The van der Waals surface area contributed by atoms with E-state index in [1.54, 1.807) is 0 Å². The fourth-order valence-electron chi connectivity index (χ4n) is 3.94. The van der Waals surface area contributed by atoms with Gasteiger partial charge in [-0.1, -0.05) is 0 Å². The summed E-state index contributed by atoms with van der Waals surface area (Å²) in [6.45, 7) is 3.08. The maximum absolute atomic E-state index is 4.82. The maximum atomic E-state index is 4.82. The van der Waals surface area contributed by atoms with Gasteiger partial charge in [0.15, 0.2) is 11.5 Å². The van der Waals surface area contributed by atoms with Crippen molar-refractivity contribution in [2.45, 2.75) is 25.3 Å². The molecule has 0 radical (unpaired) electrons. The topological polar surface area (TPSA) is 59.2 Å². The highest BCUT2D eigenvalue weighted by molar-refractivity contribution is 5.63. The van der Waals surface area contributed by atoms with Crippen molar-refractivity contribution in [3.8, 4) is 11.1 Å². The van der Waals surface area contributed by atoms with Crippen LogP contribution >= 0.6 is 0 Å². The monoisotopic (exact) mass is 370 g/mol. The van der Waals surface area contributed by atoms with Crippen LogP contribution in [0.3, 0.4) is 0 Å². The average molecular weight is 370 g/mol. The summed E-state index contributed by atoms with van der Waals surface area (Å²) < 4.78 is 1.91. The number of fused-ring (bicyclic) bond motifs is 1. The van der Waals surface area contributed by atoms with E-state index < -0.39 is 0 Å². The van der Waals surface area contributed by atoms with Gasteiger partial charge in [0.2, 0.25) is 0 Å². The standard InChI is InChI=1S/C22H22N6/c1-2-20(15-27(13-1)14-17-5-9-23-10-6-17)22-25-21-4-3-19(16-28(21)26-22)18-7-11-24-12-8-18/h3-12,16,20H,1-2,13-15H2. The molecule has 140 valence electrons. The summed E-state index contributed by atoms with van der Waals surface area (Å²) in [6.07, 6.45) is 11.7. The molecule has 1 aliphatic heterocycles. The van der Waals surface area contributed by atoms with Gasteiger partial charge in [-0.2, -0.15) is 5.10 Å². The Bertz CT molecular complexity index is 1060. The maximum Gasteiger partial charge on any atom is 0.156 e. The molecule has 1 unspecified atom stereocenters. The van der Waals surface area contributed by atoms with Crippen LogP contribution in [-0.4, -0.2) is 42.6 Å². The number of likely N-dealkylation sites (tertiary alicyclic amines) is 1. The quantitative estimate of drug-likeness (QED) is 0.550. The van der Waals surface area contributed by atoms with E-state index in [0.29, 0.717) is 5.92 Å². The van der Waals surface area contributed by atoms with Crippen molar-refractivity contribution >= 4 is 5.65 Å². The lowest BCUT2D eigenvalue weighted by atomic mass is 9.97. The summed E-state index contributed by atoms with van der Waals surface area (Å²) >= 11 is 0. The lowest BCUT2D eigenvalue weighted by Gasteiger charge is -2.31. The minimum absolute atomic E-state index is 0.375. The molecule has 5 heterocycles. The van der Waals surface area contributed by atoms with Crippen molar-refractivity contribution in [1.82, 2.24) is 29.5 Å². The third-order valence-corrected chi connectivity index (χ3v) is 5.39. The van der Waals surface area contributed by atoms with Crippen molar-refractivity contribution in [3.63, 3.8) is 0 Å². The molecule has 4 aromatic heterocycles. The van der Waals surface area contributed by atoms with Crippen LogP contribution in [0.5, 0.6) is 0 Å². The molecule has 6 heteroatoms. The minimum Gasteiger partial charge on any atom is -0.298 e. The molecular weight excluding hydrogens is 348 g/mol. The molecule has 4 aromatic rings. The number of piperidine rings is 1. The van der Waals surface area contributed by atoms with Crippen LogP contribution in [0.2, 0.25) is 0 Å². The van der Waals surface area contributed by atoms with Gasteiger partial charge in [-0.3, -0.25) is 14.9 Å². The number of rotatable bonds is 4. The zero-order chi connectivity index (χ0) is 18.8. The second-order valence-corrected chi connectivity index (χ2v) is 7.36. The third-order valence-electron chi connectivity index (χ3n) is 5.39. The Balaban J connectivity index is 1.36. The molecule has 1 saturated heterocycles. The normalized spacial score (nSPS) is 17.8. The van der Waals surface area contributed by atoms with Gasteiger partial charge >= 0.3 is 0 Å². The van der Waals surface area contributed by atoms with E-state index in [1.165, 1.54) is 12.0 Å². The Morgan fingerprint density at radius 1 is 0.893 bits per heavy atom. The highest BCUT2D eigenvalue weighted by Gasteiger charge is 2.24. The number of nitrogens with zero attached hydrogens (tertiary/aromatic N) is 6. The molecule has 1 atom stereocenters. The first-order chi connectivity index (χ1) is 13.8. The van der Waals surface area contributed by atoms with E-state index in [0.717, 1.165) is 48.7 Å². The fourth-order valence-corrected chi connectivity index (χ4v) is 3.94. The molecule has 0 aliphatic carbocycles. The Hall–Kier alpha value is -3.12. The van der Waals surface area contributed by atoms with Crippen LogP contribution in [0.1, 0.15) is 30.1 Å². The van der Waals surface area contributed by atoms with Crippen molar-refractivity contribution < 1.29 is 0 Å². The van der Waals surface area contributed by atoms with Gasteiger partial charge in [-0.25, -0.2) is 9.50 Å². The van der Waals surface area contributed by atoms with Crippen LogP contribution in [0.25, 0.3) is 16.8 Å². The zero-order valence-electron chi connectivity index (χ0n) is 15.6. The van der Waals surface area contributed by atoms with E-state index in [4.69, 9.17) is 10.1 Å². The molecule has 0 saturated carbocycles. The second kappa shape index (κ2) is 7.48. The van der Waals surface area contributed by atoms with E-state index in [9.17, 15) is 0 Å². The summed E-state index contributed by atoms with van der Waals surface area (Å²) in [4.78, 5) is 15.5. The Labute approximate surface area is 163 Å². The molecule has 6 nitrogen and oxygen atoms in total. The van der Waals surface area contributed by atoms with Crippen molar-refractivity contribution in [2.75, 3.05) is 13.1 Å². The lowest BCUT2D eigenvalue weighted by Crippen LogP contribution is -2.34. The minimum atomic E-state index is 0.375. The predicted octanol–water partition coefficient (Wildman–Crippen LogP) is 3.57. The van der Waals surface area contributed by atoms with Gasteiger partial charge in [-0.05, 0) is 66.9 Å². The highest BCUT2D eigenvalue weighted by Crippen LogP contribution is 2.27. The van der Waals surface area contributed by atoms with Crippen molar-refractivity contribution in [1.29, 1.82) is 0 Å². The molecule has 0 amide bonds. The molecule has 0 N–H and O–H groups in total. The lowest BCUT2D eigenvalue weighted by molar-refractivity contribution is 0.196. The second-order valence-electron chi connectivity index (χ2n) is 7.36. The summed E-state index contributed by atoms with van der Waals surface area (Å²) in [5.74, 6) is 1.33. The number of aromatic nitrogens is 5. The van der Waals surface area contributed by atoms with Crippen LogP contribution in [0, 0.1) is 0 Å². The Morgan fingerprint density at radius 3 is 2.50 bits per heavy atom. The first kappa shape index (κ1) is 17.0. The van der Waals surface area contributed by atoms with E-state index in [2.05, 4.69) is 39.3 Å². The summed E-state index contributed by atoms with van der Waals surface area (Å²) in [5.41, 5.74) is 4.46. The van der Waals surface area contributed by atoms with Crippen molar-refractivity contribution in [3.05, 3.63) is 78.8 Å². The van der Waals surface area contributed by atoms with Crippen LogP contribution in [-0.2, 0) is 6.54 Å². The van der Waals surface area contributed by atoms with Crippen LogP contribution < -0.4 is 0 Å². The Kier molecular flexibility index (Phi) is 4.54. The smallest absolute Gasteiger partial charge is 0.156 e. The molecule has 1 aliphatic rings. The molecule has 0 bridgehead atoms. The Morgan fingerprint density at radius 2 is 1.68 bits per heavy atom. The van der Waals surface area contributed by atoms with E-state index in [-0.39, 0.29) is 0 Å². The molecular formula is C22H22N6. The number of hydrogen-bond acceptors (Lipinski definition) is 5. The van der Waals surface area contributed by atoms with Gasteiger partial charge < -0.3 is 0 Å². The molecule has 0 spiro atoms. The molecule has 1 fully saturated rings. The number of pyridine rings is 3. The van der Waals surface area contributed by atoms with E-state index in [1.807, 2.05) is 47.5 Å². The van der Waals surface area contributed by atoms with Gasteiger partial charge in [0.05, 0.1) is 0 Å². The molecule has 28 heavy (non-hydrogen) atoms. The SMILES string of the molecule is c1cc(CN2CCCC(c3nc4ccc(-c5ccncc5)cn4n3)C2)ccn1. The van der Waals surface area contributed by atoms with Crippen LogP contribution in [0.15, 0.2) is 67.4 Å². The first-order valence-electron chi connectivity index (χ1n) is 9.73. The van der Waals surface area contributed by atoms with Gasteiger partial charge in [0, 0.05) is 55.6 Å². The summed E-state index contributed by atoms with van der Waals surface area (Å²) in [6, 6.07) is 12.3. The first-order valence-corrected chi connectivity index (χ1v) is 9.73. The van der Waals surface area contributed by atoms with Crippen LogP contribution in [0.4, 0.5) is 0 Å². The highest BCUT2D eigenvalue weighted by atomic mass is 15.3. The number of hydrogen-bond donors (Lipinski definition) is 0. The largest absolute Gasteiger partial charge is 0.298 e. The third kappa shape index (κ3) is 3.51. The average Bonchev–Trinajstić information content (AvgIpc) is 3.19. The van der Waals surface area contributed by atoms with Crippen molar-refractivity contribution in [2.24, 2.45) is 0 Å². The van der Waals surface area contributed by atoms with Gasteiger partial charge in [0.1, 0.15) is 0 Å². The molecule has 5 rings (SSSR count). The van der Waals surface area contributed by atoms with E-state index >= 15 is 0 Å². The molecule has 0 aromatic carbocycles. The van der Waals surface area contributed by atoms with Gasteiger partial charge in [-0.15, -0.1) is 0 Å².